The Morgan fingerprint density at radius 1 is 1.03 bits per heavy atom. The fourth-order valence-electron chi connectivity index (χ4n) is 3.17. The number of halogens is 3. The third kappa shape index (κ3) is 5.46. The molecule has 8 heteroatoms. The second-order valence-electron chi connectivity index (χ2n) is 7.03. The van der Waals surface area contributed by atoms with Crippen LogP contribution in [0.15, 0.2) is 75.8 Å². The molecule has 3 aromatic rings. The van der Waals surface area contributed by atoms with E-state index in [2.05, 4.69) is 20.9 Å². The summed E-state index contributed by atoms with van der Waals surface area (Å²) in [5.41, 5.74) is 1.71. The minimum Gasteiger partial charge on any atom is -0.490 e. The topological polar surface area (TPSA) is 57.1 Å². The summed E-state index contributed by atoms with van der Waals surface area (Å²) in [5, 5.41) is 0. The normalized spacial score (nSPS) is 14.2. The first-order chi connectivity index (χ1) is 15.9. The van der Waals surface area contributed by atoms with Crippen LogP contribution in [0.3, 0.4) is 0 Å². The average molecular weight is 514 g/mol. The third-order valence-corrected chi connectivity index (χ3v) is 5.19. The minimum atomic E-state index is -0.644. The quantitative estimate of drug-likeness (QED) is 0.285. The molecule has 0 N–H and O–H groups in total. The summed E-state index contributed by atoms with van der Waals surface area (Å²) in [6.07, 6.45) is 1.54. The van der Waals surface area contributed by atoms with Crippen molar-refractivity contribution in [1.29, 1.82) is 0 Å². The Balaban J connectivity index is 1.61. The maximum atomic E-state index is 13.5. The lowest BCUT2D eigenvalue weighted by atomic mass is 10.1. The van der Waals surface area contributed by atoms with Crippen molar-refractivity contribution >= 4 is 33.9 Å². The highest BCUT2D eigenvalue weighted by molar-refractivity contribution is 9.10. The monoisotopic (exact) mass is 513 g/mol. The molecule has 0 saturated carbocycles. The van der Waals surface area contributed by atoms with Crippen LogP contribution in [0, 0.1) is 11.6 Å². The second-order valence-corrected chi connectivity index (χ2v) is 7.88. The van der Waals surface area contributed by atoms with Crippen molar-refractivity contribution in [3.63, 3.8) is 0 Å². The number of esters is 1. The minimum absolute atomic E-state index is 0.0323. The van der Waals surface area contributed by atoms with E-state index in [1.165, 1.54) is 36.4 Å². The van der Waals surface area contributed by atoms with E-state index in [4.69, 9.17) is 14.2 Å². The van der Waals surface area contributed by atoms with E-state index >= 15 is 0 Å². The predicted molar refractivity (Wildman–Crippen MR) is 123 cm³/mol. The van der Waals surface area contributed by atoms with Gasteiger partial charge in [-0.05, 0) is 82.5 Å². The van der Waals surface area contributed by atoms with Crippen molar-refractivity contribution in [3.05, 3.63) is 99.2 Å². The molecule has 0 amide bonds. The van der Waals surface area contributed by atoms with Crippen LogP contribution in [0.4, 0.5) is 8.78 Å². The van der Waals surface area contributed by atoms with Gasteiger partial charge in [-0.25, -0.2) is 18.6 Å². The first-order valence-electron chi connectivity index (χ1n) is 10.0. The zero-order valence-electron chi connectivity index (χ0n) is 17.5. The van der Waals surface area contributed by atoms with Gasteiger partial charge in [-0.2, -0.15) is 0 Å². The largest absolute Gasteiger partial charge is 0.490 e. The molecule has 0 unspecified atom stereocenters. The summed E-state index contributed by atoms with van der Waals surface area (Å²) in [5.74, 6) is -0.525. The smallest absolute Gasteiger partial charge is 0.363 e. The van der Waals surface area contributed by atoms with Crippen LogP contribution in [0.2, 0.25) is 0 Å². The van der Waals surface area contributed by atoms with Crippen molar-refractivity contribution in [3.8, 4) is 11.5 Å². The van der Waals surface area contributed by atoms with E-state index < -0.39 is 11.8 Å². The van der Waals surface area contributed by atoms with Gasteiger partial charge in [0.1, 0.15) is 18.2 Å². The Hall–Kier alpha value is -3.52. The van der Waals surface area contributed by atoms with Crippen LogP contribution in [-0.2, 0) is 16.1 Å². The molecule has 0 fully saturated rings. The summed E-state index contributed by atoms with van der Waals surface area (Å²) in [6, 6.07) is 15.2. The molecule has 1 aliphatic rings. The lowest BCUT2D eigenvalue weighted by Gasteiger charge is -2.15. The number of benzene rings is 3. The van der Waals surface area contributed by atoms with Gasteiger partial charge >= 0.3 is 5.97 Å². The number of aliphatic imine (C=N–C) groups is 1. The molecule has 0 aliphatic carbocycles. The third-order valence-electron chi connectivity index (χ3n) is 4.60. The Kier molecular flexibility index (Phi) is 6.84. The van der Waals surface area contributed by atoms with Crippen molar-refractivity contribution in [2.24, 2.45) is 4.99 Å². The number of hydrogen-bond acceptors (Lipinski definition) is 5. The van der Waals surface area contributed by atoms with Crippen molar-refractivity contribution < 1.29 is 27.8 Å². The van der Waals surface area contributed by atoms with Crippen molar-refractivity contribution in [2.75, 3.05) is 6.61 Å². The number of hydrogen-bond donors (Lipinski definition) is 0. The van der Waals surface area contributed by atoms with Gasteiger partial charge in [0.05, 0.1) is 11.1 Å². The maximum absolute atomic E-state index is 13.5. The molecule has 0 aromatic heterocycles. The summed E-state index contributed by atoms with van der Waals surface area (Å²) >= 11 is 3.48. The number of rotatable bonds is 7. The Labute approximate surface area is 197 Å². The SMILES string of the molecule is CCOc1cc(/C=C2\N=C(c3cccc(F)c3)OC2=O)cc(Br)c1OCc1cccc(F)c1. The molecule has 1 aliphatic heterocycles. The van der Waals surface area contributed by atoms with Gasteiger partial charge in [0, 0.05) is 5.56 Å². The van der Waals surface area contributed by atoms with Crippen LogP contribution >= 0.6 is 15.9 Å². The molecule has 5 nitrogen and oxygen atoms in total. The van der Waals surface area contributed by atoms with Gasteiger partial charge < -0.3 is 14.2 Å². The molecule has 0 spiro atoms. The standard InChI is InChI=1S/C25H18BrF2NO4/c1-2-31-22-12-16(10-20(26)23(22)32-14-15-5-3-7-18(27)9-15)11-21-25(30)33-24(29-21)17-6-4-8-19(28)13-17/h3-13H,2,14H2,1H3/b21-11-. The first-order valence-corrected chi connectivity index (χ1v) is 10.8. The van der Waals surface area contributed by atoms with Crippen LogP contribution < -0.4 is 9.47 Å². The molecule has 4 rings (SSSR count). The highest BCUT2D eigenvalue weighted by Crippen LogP contribution is 2.38. The average Bonchev–Trinajstić information content (AvgIpc) is 3.14. The van der Waals surface area contributed by atoms with E-state index in [1.54, 1.807) is 30.3 Å². The fourth-order valence-corrected chi connectivity index (χ4v) is 3.74. The highest BCUT2D eigenvalue weighted by Gasteiger charge is 2.25. The molecule has 1 heterocycles. The summed E-state index contributed by atoms with van der Waals surface area (Å²) in [7, 11) is 0. The van der Waals surface area contributed by atoms with Crippen LogP contribution in [0.25, 0.3) is 6.08 Å². The lowest BCUT2D eigenvalue weighted by Crippen LogP contribution is -2.05. The van der Waals surface area contributed by atoms with Crippen molar-refractivity contribution in [1.82, 2.24) is 0 Å². The van der Waals surface area contributed by atoms with Gasteiger partial charge in [0.25, 0.3) is 0 Å². The molecule has 3 aromatic carbocycles. The van der Waals surface area contributed by atoms with Crippen LogP contribution in [0.1, 0.15) is 23.6 Å². The first kappa shape index (κ1) is 22.7. The molecule has 168 valence electrons. The highest BCUT2D eigenvalue weighted by atomic mass is 79.9. The number of carbonyl (C=O) groups excluding carboxylic acids is 1. The van der Waals surface area contributed by atoms with Crippen molar-refractivity contribution in [2.45, 2.75) is 13.5 Å². The fraction of sp³-hybridized carbons (Fsp3) is 0.120. The maximum Gasteiger partial charge on any atom is 0.363 e. The van der Waals surface area contributed by atoms with E-state index in [0.29, 0.717) is 39.3 Å². The molecule has 0 saturated heterocycles. The molecule has 0 bridgehead atoms. The summed E-state index contributed by atoms with van der Waals surface area (Å²) < 4.78 is 44.3. The molecule has 0 radical (unpaired) electrons. The van der Waals surface area contributed by atoms with Gasteiger partial charge in [0.2, 0.25) is 5.90 Å². The van der Waals surface area contributed by atoms with E-state index in [0.717, 1.165) is 0 Å². The van der Waals surface area contributed by atoms with Gasteiger partial charge in [-0.1, -0.05) is 18.2 Å². The Morgan fingerprint density at radius 3 is 2.52 bits per heavy atom. The molecular weight excluding hydrogens is 496 g/mol. The second kappa shape index (κ2) is 9.95. The molecule has 0 atom stereocenters. The zero-order chi connectivity index (χ0) is 23.4. The summed E-state index contributed by atoms with van der Waals surface area (Å²) in [6.45, 7) is 2.36. The van der Waals surface area contributed by atoms with Gasteiger partial charge in [-0.3, -0.25) is 0 Å². The van der Waals surface area contributed by atoms with E-state index in [9.17, 15) is 13.6 Å². The van der Waals surface area contributed by atoms with Gasteiger partial charge in [0.15, 0.2) is 17.2 Å². The number of ether oxygens (including phenoxy) is 3. The summed E-state index contributed by atoms with van der Waals surface area (Å²) in [4.78, 5) is 16.5. The Morgan fingerprint density at radius 2 is 1.79 bits per heavy atom. The predicted octanol–water partition coefficient (Wildman–Crippen LogP) is 6.05. The van der Waals surface area contributed by atoms with Crippen LogP contribution in [0.5, 0.6) is 11.5 Å². The molecular formula is C25H18BrF2NO4. The lowest BCUT2D eigenvalue weighted by molar-refractivity contribution is -0.129. The van der Waals surface area contributed by atoms with E-state index in [-0.39, 0.29) is 24.0 Å². The van der Waals surface area contributed by atoms with Gasteiger partial charge in [-0.15, -0.1) is 0 Å². The van der Waals surface area contributed by atoms with E-state index in [1.807, 2.05) is 6.92 Å². The molecule has 33 heavy (non-hydrogen) atoms. The number of carbonyl (C=O) groups is 1. The number of nitrogens with zero attached hydrogens (tertiary/aromatic N) is 1. The Bertz CT molecular complexity index is 1270. The van der Waals surface area contributed by atoms with Crippen LogP contribution in [-0.4, -0.2) is 18.5 Å². The number of cyclic esters (lactones) is 1. The zero-order valence-corrected chi connectivity index (χ0v) is 19.1.